The normalized spacial score (nSPS) is 23.3. The van der Waals surface area contributed by atoms with E-state index in [0.29, 0.717) is 25.3 Å². The van der Waals surface area contributed by atoms with Crippen LogP contribution in [0.15, 0.2) is 42.6 Å². The van der Waals surface area contributed by atoms with Gasteiger partial charge in [-0.3, -0.25) is 24.6 Å². The molecule has 3 amide bonds. The summed E-state index contributed by atoms with van der Waals surface area (Å²) in [6.07, 6.45) is 5.61. The van der Waals surface area contributed by atoms with E-state index in [1.807, 2.05) is 18.3 Å². The smallest absolute Gasteiger partial charge is 0.255 e. The second kappa shape index (κ2) is 11.3. The number of ether oxygens (including phenoxy) is 2. The summed E-state index contributed by atoms with van der Waals surface area (Å²) in [5.74, 6) is 0.584. The number of nitrogens with one attached hydrogen (secondary N) is 1. The van der Waals surface area contributed by atoms with Crippen molar-refractivity contribution in [1.82, 2.24) is 25.1 Å². The lowest BCUT2D eigenvalue weighted by atomic mass is 10.0. The molecule has 0 bridgehead atoms. The minimum atomic E-state index is -0.618. The van der Waals surface area contributed by atoms with Gasteiger partial charge in [0.2, 0.25) is 17.8 Å². The highest BCUT2D eigenvalue weighted by Gasteiger charge is 2.39. The summed E-state index contributed by atoms with van der Waals surface area (Å²) in [6, 6.07) is 11.3. The number of amides is 3. The zero-order chi connectivity index (χ0) is 28.6. The summed E-state index contributed by atoms with van der Waals surface area (Å²) in [4.78, 5) is 52.3. The molecule has 11 nitrogen and oxygen atoms in total. The monoisotopic (exact) mass is 572 g/mol. The van der Waals surface area contributed by atoms with Gasteiger partial charge in [-0.1, -0.05) is 6.07 Å². The van der Waals surface area contributed by atoms with Crippen molar-refractivity contribution < 1.29 is 25.3 Å². The summed E-state index contributed by atoms with van der Waals surface area (Å²) in [6.45, 7) is 5.12. The summed E-state index contributed by atoms with van der Waals surface area (Å²) in [5.41, 5.74) is 3.58. The Morgan fingerprint density at radius 3 is 2.90 bits per heavy atom. The molecule has 4 aliphatic rings. The van der Waals surface area contributed by atoms with Crippen LogP contribution in [0.3, 0.4) is 0 Å². The number of fused-ring (bicyclic) bond motifs is 2. The van der Waals surface area contributed by atoms with Crippen LogP contribution in [0.1, 0.15) is 55.0 Å². The molecule has 1 unspecified atom stereocenters. The Kier molecular flexibility index (Phi) is 7.20. The molecule has 2 aromatic carbocycles. The lowest BCUT2D eigenvalue weighted by Crippen LogP contribution is -2.52. The molecule has 1 N–H and O–H groups in total. The first-order valence-electron chi connectivity index (χ1n) is 14.8. The van der Waals surface area contributed by atoms with E-state index in [1.54, 1.807) is 11.0 Å². The first-order chi connectivity index (χ1) is 20.5. The van der Waals surface area contributed by atoms with Crippen molar-refractivity contribution in [2.45, 2.75) is 57.3 Å². The minimum absolute atomic E-state index is 0. The lowest BCUT2D eigenvalue weighted by molar-refractivity contribution is -0.136. The highest BCUT2D eigenvalue weighted by Crippen LogP contribution is 2.31. The number of hydrogen-bond acceptors (Lipinski definition) is 9. The van der Waals surface area contributed by atoms with Crippen LogP contribution in [-0.4, -0.2) is 82.6 Å². The Morgan fingerprint density at radius 2 is 2.00 bits per heavy atom. The molecule has 42 heavy (non-hydrogen) atoms. The molecule has 0 spiro atoms. The fourth-order valence-corrected chi connectivity index (χ4v) is 6.34. The standard InChI is InChI=1S/C31H34N6O5.H2/c38-28-8-7-27(29(39)34-28)37-17-22-14-23(4-5-25(22)30(37)40)42-24-9-11-35(18-24)16-20-3-6-26-21(13-20)15-32-31(33-26)36-10-1-2-12-41-19-36;/h3-6,13-15,24,27H,1-2,7-12,16-19H2,(H,34,38,39);1H/t24-,27?;/m0./s1. The van der Waals surface area contributed by atoms with Gasteiger partial charge in [-0.2, -0.15) is 0 Å². The van der Waals surface area contributed by atoms with Gasteiger partial charge in [0, 0.05) is 64.3 Å². The molecule has 11 heteroatoms. The van der Waals surface area contributed by atoms with Crippen molar-refractivity contribution in [2.75, 3.05) is 37.9 Å². The first kappa shape index (κ1) is 26.8. The molecule has 4 aliphatic heterocycles. The molecule has 0 saturated carbocycles. The second-order valence-electron chi connectivity index (χ2n) is 11.6. The zero-order valence-electron chi connectivity index (χ0n) is 23.5. The van der Waals surface area contributed by atoms with Crippen LogP contribution in [0.4, 0.5) is 5.95 Å². The maximum absolute atomic E-state index is 13.0. The summed E-state index contributed by atoms with van der Waals surface area (Å²) in [7, 11) is 0. The first-order valence-corrected chi connectivity index (χ1v) is 14.8. The number of carbonyl (C=O) groups is 3. The van der Waals surface area contributed by atoms with E-state index in [1.165, 1.54) is 5.56 Å². The summed E-state index contributed by atoms with van der Waals surface area (Å²) < 4.78 is 12.0. The predicted octanol–water partition coefficient (Wildman–Crippen LogP) is 2.86. The van der Waals surface area contributed by atoms with Crippen LogP contribution >= 0.6 is 0 Å². The summed E-state index contributed by atoms with van der Waals surface area (Å²) in [5, 5.41) is 3.37. The largest absolute Gasteiger partial charge is 0.489 e. The van der Waals surface area contributed by atoms with E-state index >= 15 is 0 Å². The fourth-order valence-electron chi connectivity index (χ4n) is 6.34. The van der Waals surface area contributed by atoms with Crippen molar-refractivity contribution >= 4 is 34.6 Å². The fraction of sp³-hybridized carbons (Fsp3) is 0.452. The third-order valence-electron chi connectivity index (χ3n) is 8.56. The molecule has 5 heterocycles. The van der Waals surface area contributed by atoms with Gasteiger partial charge in [-0.05, 0) is 67.1 Å². The average Bonchev–Trinajstić information content (AvgIpc) is 3.43. The van der Waals surface area contributed by atoms with Crippen molar-refractivity contribution in [2.24, 2.45) is 0 Å². The number of nitrogens with zero attached hydrogens (tertiary/aromatic N) is 5. The predicted molar refractivity (Wildman–Crippen MR) is 156 cm³/mol. The van der Waals surface area contributed by atoms with E-state index in [2.05, 4.69) is 38.3 Å². The van der Waals surface area contributed by atoms with Crippen LogP contribution < -0.4 is 15.0 Å². The minimum Gasteiger partial charge on any atom is -0.489 e. The molecule has 1 aromatic heterocycles. The number of anilines is 1. The molecular weight excluding hydrogens is 536 g/mol. The lowest BCUT2D eigenvalue weighted by Gasteiger charge is -2.29. The molecule has 2 atom stereocenters. The number of likely N-dealkylation sites (tertiary alicyclic amines) is 1. The van der Waals surface area contributed by atoms with E-state index in [9.17, 15) is 14.4 Å². The molecule has 0 aliphatic carbocycles. The number of piperidine rings is 1. The third-order valence-corrected chi connectivity index (χ3v) is 8.56. The number of aromatic nitrogens is 2. The molecule has 3 aromatic rings. The number of benzene rings is 2. The number of carbonyl (C=O) groups excluding carboxylic acids is 3. The Bertz CT molecular complexity index is 1540. The van der Waals surface area contributed by atoms with Gasteiger partial charge in [0.15, 0.2) is 0 Å². The summed E-state index contributed by atoms with van der Waals surface area (Å²) >= 11 is 0. The van der Waals surface area contributed by atoms with Gasteiger partial charge >= 0.3 is 0 Å². The van der Waals surface area contributed by atoms with Crippen molar-refractivity contribution in [1.29, 1.82) is 0 Å². The Labute approximate surface area is 245 Å². The van der Waals surface area contributed by atoms with Gasteiger partial charge in [0.05, 0.1) is 5.52 Å². The Balaban J connectivity index is 0.00000329. The van der Waals surface area contributed by atoms with E-state index in [4.69, 9.17) is 14.5 Å². The van der Waals surface area contributed by atoms with Crippen LogP contribution in [0.5, 0.6) is 5.75 Å². The Morgan fingerprint density at radius 1 is 1.07 bits per heavy atom. The molecule has 3 saturated heterocycles. The maximum atomic E-state index is 13.0. The molecule has 7 rings (SSSR count). The van der Waals surface area contributed by atoms with Crippen molar-refractivity contribution in [3.05, 3.63) is 59.3 Å². The highest BCUT2D eigenvalue weighted by molar-refractivity contribution is 6.05. The molecule has 220 valence electrons. The number of imide groups is 1. The zero-order valence-corrected chi connectivity index (χ0v) is 23.5. The third kappa shape index (κ3) is 5.41. The average molecular weight is 573 g/mol. The Hall–Kier alpha value is -4.09. The number of rotatable bonds is 6. The van der Waals surface area contributed by atoms with E-state index in [-0.39, 0.29) is 25.8 Å². The van der Waals surface area contributed by atoms with Crippen LogP contribution in [0, 0.1) is 0 Å². The quantitative estimate of drug-likeness (QED) is 0.445. The van der Waals surface area contributed by atoms with Gasteiger partial charge in [0.1, 0.15) is 24.6 Å². The van der Waals surface area contributed by atoms with Gasteiger partial charge < -0.3 is 19.3 Å². The molecular formula is C31H36N6O5. The van der Waals surface area contributed by atoms with Crippen molar-refractivity contribution in [3.8, 4) is 5.75 Å². The highest BCUT2D eigenvalue weighted by atomic mass is 16.5. The van der Waals surface area contributed by atoms with Crippen molar-refractivity contribution in [3.63, 3.8) is 0 Å². The number of hydrogen-bond donors (Lipinski definition) is 1. The van der Waals surface area contributed by atoms with Gasteiger partial charge in [0.25, 0.3) is 5.91 Å². The topological polar surface area (TPSA) is 117 Å². The SMILES string of the molecule is O=C1CCC(N2Cc3cc(O[C@H]4CCN(Cc5ccc6nc(N7CCCCOC7)ncc6c5)C4)ccc3C2=O)C(=O)N1.[HH]. The van der Waals surface area contributed by atoms with Crippen LogP contribution in [-0.2, 0) is 27.4 Å². The van der Waals surface area contributed by atoms with E-state index in [0.717, 1.165) is 80.2 Å². The second-order valence-corrected chi connectivity index (χ2v) is 11.6. The van der Waals surface area contributed by atoms with Gasteiger partial charge in [-0.25, -0.2) is 9.97 Å². The van der Waals surface area contributed by atoms with E-state index < -0.39 is 11.9 Å². The van der Waals surface area contributed by atoms with Gasteiger partial charge in [-0.15, -0.1) is 0 Å². The van der Waals surface area contributed by atoms with Crippen LogP contribution in [0.2, 0.25) is 0 Å². The van der Waals surface area contributed by atoms with Crippen LogP contribution in [0.25, 0.3) is 10.9 Å². The molecule has 0 radical (unpaired) electrons. The molecule has 3 fully saturated rings. The maximum Gasteiger partial charge on any atom is 0.255 e.